The first kappa shape index (κ1) is 12.9. The maximum absolute atomic E-state index is 9.75. The molecule has 13 heavy (non-hydrogen) atoms. The van der Waals surface area contributed by atoms with Crippen molar-refractivity contribution in [1.29, 1.82) is 0 Å². The zero-order valence-electron chi connectivity index (χ0n) is 9.16. The lowest BCUT2D eigenvalue weighted by molar-refractivity contribution is 0.0345. The minimum absolute atomic E-state index is 0.0526. The molecule has 0 radical (unpaired) electrons. The van der Waals surface area contributed by atoms with E-state index >= 15 is 0 Å². The van der Waals surface area contributed by atoms with E-state index in [1.54, 1.807) is 0 Å². The van der Waals surface area contributed by atoms with Gasteiger partial charge in [-0.2, -0.15) is 0 Å². The molecular formula is C11H24O2. The van der Waals surface area contributed by atoms with Crippen LogP contribution in [0.25, 0.3) is 0 Å². The lowest BCUT2D eigenvalue weighted by atomic mass is 9.88. The maximum Gasteiger partial charge on any atom is 0.0592 e. The average Bonchev–Trinajstić information content (AvgIpc) is 2.05. The van der Waals surface area contributed by atoms with Gasteiger partial charge in [0.15, 0.2) is 0 Å². The SMILES string of the molecule is CCCCCC(O)C(CO)C(C)C. The van der Waals surface area contributed by atoms with Gasteiger partial charge in [-0.15, -0.1) is 0 Å². The van der Waals surface area contributed by atoms with Gasteiger partial charge < -0.3 is 10.2 Å². The number of aliphatic hydroxyl groups excluding tert-OH is 2. The van der Waals surface area contributed by atoms with Crippen LogP contribution in [0.3, 0.4) is 0 Å². The summed E-state index contributed by atoms with van der Waals surface area (Å²) in [7, 11) is 0. The summed E-state index contributed by atoms with van der Waals surface area (Å²) < 4.78 is 0. The molecule has 0 fully saturated rings. The first-order valence-electron chi connectivity index (χ1n) is 5.42. The Hall–Kier alpha value is -0.0800. The van der Waals surface area contributed by atoms with E-state index < -0.39 is 0 Å². The Bertz CT molecular complexity index is 113. The molecule has 0 bridgehead atoms. The van der Waals surface area contributed by atoms with Crippen molar-refractivity contribution in [3.63, 3.8) is 0 Å². The van der Waals surface area contributed by atoms with E-state index in [9.17, 15) is 5.11 Å². The molecule has 2 unspecified atom stereocenters. The van der Waals surface area contributed by atoms with Gasteiger partial charge in [0.05, 0.1) is 6.10 Å². The van der Waals surface area contributed by atoms with Crippen LogP contribution >= 0.6 is 0 Å². The molecule has 2 N–H and O–H groups in total. The predicted molar refractivity (Wildman–Crippen MR) is 55.6 cm³/mol. The molecule has 0 aliphatic heterocycles. The van der Waals surface area contributed by atoms with Crippen molar-refractivity contribution < 1.29 is 10.2 Å². The van der Waals surface area contributed by atoms with Crippen LogP contribution in [0.4, 0.5) is 0 Å². The Morgan fingerprint density at radius 3 is 2.15 bits per heavy atom. The second kappa shape index (κ2) is 7.34. The fraction of sp³-hybridized carbons (Fsp3) is 1.00. The van der Waals surface area contributed by atoms with Crippen LogP contribution in [0, 0.1) is 11.8 Å². The summed E-state index contributed by atoms with van der Waals surface area (Å²) in [6.07, 6.45) is 3.93. The molecular weight excluding hydrogens is 164 g/mol. The van der Waals surface area contributed by atoms with E-state index in [0.717, 1.165) is 12.8 Å². The van der Waals surface area contributed by atoms with Crippen molar-refractivity contribution in [2.24, 2.45) is 11.8 Å². The van der Waals surface area contributed by atoms with Gasteiger partial charge >= 0.3 is 0 Å². The van der Waals surface area contributed by atoms with Gasteiger partial charge in [-0.05, 0) is 12.3 Å². The Labute approximate surface area is 82.0 Å². The lowest BCUT2D eigenvalue weighted by Crippen LogP contribution is -2.28. The minimum atomic E-state index is -0.323. The quantitative estimate of drug-likeness (QED) is 0.601. The third kappa shape index (κ3) is 5.27. The van der Waals surface area contributed by atoms with Gasteiger partial charge in [0.1, 0.15) is 0 Å². The molecule has 0 aromatic heterocycles. The highest BCUT2D eigenvalue weighted by Gasteiger charge is 2.20. The van der Waals surface area contributed by atoms with Gasteiger partial charge in [0.25, 0.3) is 0 Å². The zero-order chi connectivity index (χ0) is 10.3. The van der Waals surface area contributed by atoms with Crippen molar-refractivity contribution in [3.05, 3.63) is 0 Å². The molecule has 80 valence electrons. The van der Waals surface area contributed by atoms with Crippen molar-refractivity contribution in [2.75, 3.05) is 6.61 Å². The number of hydrogen-bond donors (Lipinski definition) is 2. The smallest absolute Gasteiger partial charge is 0.0592 e. The molecule has 0 aromatic carbocycles. The monoisotopic (exact) mass is 188 g/mol. The summed E-state index contributed by atoms with van der Waals surface area (Å²) in [5.41, 5.74) is 0. The Kier molecular flexibility index (Phi) is 7.29. The fourth-order valence-electron chi connectivity index (χ4n) is 1.59. The molecule has 0 spiro atoms. The summed E-state index contributed by atoms with van der Waals surface area (Å²) in [6.45, 7) is 6.34. The Morgan fingerprint density at radius 2 is 1.77 bits per heavy atom. The van der Waals surface area contributed by atoms with E-state index in [1.807, 2.05) is 13.8 Å². The van der Waals surface area contributed by atoms with Crippen molar-refractivity contribution in [2.45, 2.75) is 52.6 Å². The highest BCUT2D eigenvalue weighted by molar-refractivity contribution is 4.70. The molecule has 0 heterocycles. The van der Waals surface area contributed by atoms with Gasteiger partial charge in [0.2, 0.25) is 0 Å². The highest BCUT2D eigenvalue weighted by atomic mass is 16.3. The minimum Gasteiger partial charge on any atom is -0.396 e. The first-order valence-corrected chi connectivity index (χ1v) is 5.42. The van der Waals surface area contributed by atoms with Crippen LogP contribution in [0.2, 0.25) is 0 Å². The van der Waals surface area contributed by atoms with Crippen molar-refractivity contribution in [1.82, 2.24) is 0 Å². The number of aliphatic hydroxyl groups is 2. The fourth-order valence-corrected chi connectivity index (χ4v) is 1.59. The predicted octanol–water partition coefficient (Wildman–Crippen LogP) is 2.19. The second-order valence-electron chi connectivity index (χ2n) is 4.15. The molecule has 0 aliphatic rings. The summed E-state index contributed by atoms with van der Waals surface area (Å²) >= 11 is 0. The van der Waals surface area contributed by atoms with Crippen LogP contribution in [0.5, 0.6) is 0 Å². The summed E-state index contributed by atoms with van der Waals surface area (Å²) in [5, 5.41) is 18.8. The Morgan fingerprint density at radius 1 is 1.15 bits per heavy atom. The van der Waals surface area contributed by atoms with Gasteiger partial charge in [0, 0.05) is 12.5 Å². The topological polar surface area (TPSA) is 40.5 Å². The maximum atomic E-state index is 9.75. The van der Waals surface area contributed by atoms with Gasteiger partial charge in [-0.25, -0.2) is 0 Å². The van der Waals surface area contributed by atoms with Gasteiger partial charge in [-0.1, -0.05) is 40.0 Å². The van der Waals surface area contributed by atoms with Gasteiger partial charge in [-0.3, -0.25) is 0 Å². The molecule has 0 aromatic rings. The summed E-state index contributed by atoms with van der Waals surface area (Å²) in [4.78, 5) is 0. The molecule has 0 saturated heterocycles. The van der Waals surface area contributed by atoms with E-state index in [-0.39, 0.29) is 18.6 Å². The van der Waals surface area contributed by atoms with E-state index in [0.29, 0.717) is 5.92 Å². The third-order valence-corrected chi connectivity index (χ3v) is 2.66. The van der Waals surface area contributed by atoms with Crippen LogP contribution in [0.15, 0.2) is 0 Å². The average molecular weight is 188 g/mol. The highest BCUT2D eigenvalue weighted by Crippen LogP contribution is 2.19. The first-order chi connectivity index (χ1) is 6.13. The number of rotatable bonds is 7. The van der Waals surface area contributed by atoms with E-state index in [1.165, 1.54) is 12.8 Å². The van der Waals surface area contributed by atoms with Crippen LogP contribution in [-0.2, 0) is 0 Å². The zero-order valence-corrected chi connectivity index (χ0v) is 9.16. The second-order valence-corrected chi connectivity index (χ2v) is 4.15. The molecule has 0 rings (SSSR count). The summed E-state index contributed by atoms with van der Waals surface area (Å²) in [6, 6.07) is 0. The molecule has 0 aliphatic carbocycles. The lowest BCUT2D eigenvalue weighted by Gasteiger charge is -2.24. The molecule has 2 atom stereocenters. The van der Waals surface area contributed by atoms with E-state index in [2.05, 4.69) is 6.92 Å². The van der Waals surface area contributed by atoms with E-state index in [4.69, 9.17) is 5.11 Å². The molecule has 0 saturated carbocycles. The Balaban J connectivity index is 3.70. The summed E-state index contributed by atoms with van der Waals surface area (Å²) in [5.74, 6) is 0.415. The largest absolute Gasteiger partial charge is 0.396 e. The number of unbranched alkanes of at least 4 members (excludes halogenated alkanes) is 2. The molecule has 2 nitrogen and oxygen atoms in total. The van der Waals surface area contributed by atoms with Crippen molar-refractivity contribution >= 4 is 0 Å². The molecule has 2 heteroatoms. The standard InChI is InChI=1S/C11H24O2/c1-4-5-6-7-11(13)10(8-12)9(2)3/h9-13H,4-8H2,1-3H3. The third-order valence-electron chi connectivity index (χ3n) is 2.66. The van der Waals surface area contributed by atoms with Crippen LogP contribution in [-0.4, -0.2) is 22.9 Å². The van der Waals surface area contributed by atoms with Crippen molar-refractivity contribution in [3.8, 4) is 0 Å². The normalized spacial score (nSPS) is 16.2. The number of hydrogen-bond acceptors (Lipinski definition) is 2. The van der Waals surface area contributed by atoms with Crippen LogP contribution in [0.1, 0.15) is 46.5 Å². The molecule has 0 amide bonds. The van der Waals surface area contributed by atoms with Crippen LogP contribution < -0.4 is 0 Å².